The van der Waals surface area contributed by atoms with Crippen LogP contribution in [0.25, 0.3) is 0 Å². The zero-order chi connectivity index (χ0) is 13.0. The van der Waals surface area contributed by atoms with Gasteiger partial charge in [0, 0.05) is 11.8 Å². The molecule has 0 aliphatic carbocycles. The molecule has 18 heavy (non-hydrogen) atoms. The van der Waals surface area contributed by atoms with Crippen LogP contribution in [-0.4, -0.2) is 26.0 Å². The molecule has 1 aliphatic heterocycles. The van der Waals surface area contributed by atoms with Gasteiger partial charge in [-0.15, -0.1) is 0 Å². The van der Waals surface area contributed by atoms with E-state index >= 15 is 0 Å². The molecule has 0 saturated carbocycles. The molecular weight excluding hydrogens is 242 g/mol. The van der Waals surface area contributed by atoms with Crippen molar-refractivity contribution in [1.82, 2.24) is 10.9 Å². The minimum absolute atomic E-state index is 0.162. The third-order valence-electron chi connectivity index (χ3n) is 2.09. The number of anilines is 1. The maximum atomic E-state index is 11.4. The van der Waals surface area contributed by atoms with E-state index in [0.29, 0.717) is 17.2 Å². The average molecular weight is 253 g/mol. The molecule has 1 heterocycles. The highest BCUT2D eigenvalue weighted by Gasteiger charge is 2.14. The van der Waals surface area contributed by atoms with Crippen LogP contribution in [0.1, 0.15) is 0 Å². The molecule has 1 aromatic rings. The second kappa shape index (κ2) is 5.13. The number of hydrogen-bond acceptors (Lipinski definition) is 5. The SMILES string of the molecule is COC(=O)NNC(=O)Nc1ccc2c(c1)OCO2. The van der Waals surface area contributed by atoms with Crippen molar-refractivity contribution in [2.45, 2.75) is 0 Å². The van der Waals surface area contributed by atoms with Gasteiger partial charge in [0.05, 0.1) is 7.11 Å². The Bertz CT molecular complexity index is 477. The molecule has 1 aromatic carbocycles. The number of hydrazine groups is 1. The number of ether oxygens (including phenoxy) is 3. The van der Waals surface area contributed by atoms with Crippen LogP contribution in [0.4, 0.5) is 15.3 Å². The first-order valence-electron chi connectivity index (χ1n) is 4.99. The van der Waals surface area contributed by atoms with Crippen molar-refractivity contribution in [2.75, 3.05) is 19.2 Å². The molecule has 0 saturated heterocycles. The van der Waals surface area contributed by atoms with Gasteiger partial charge >= 0.3 is 12.1 Å². The highest BCUT2D eigenvalue weighted by Crippen LogP contribution is 2.34. The van der Waals surface area contributed by atoms with Crippen molar-refractivity contribution in [3.8, 4) is 11.5 Å². The molecule has 2 rings (SSSR count). The number of urea groups is 1. The van der Waals surface area contributed by atoms with Crippen molar-refractivity contribution in [2.24, 2.45) is 0 Å². The Hall–Kier alpha value is -2.64. The van der Waals surface area contributed by atoms with E-state index in [2.05, 4.69) is 15.5 Å². The molecule has 0 fully saturated rings. The summed E-state index contributed by atoms with van der Waals surface area (Å²) in [5, 5.41) is 2.50. The number of carbonyl (C=O) groups excluding carboxylic acids is 2. The molecule has 0 unspecified atom stereocenters. The van der Waals surface area contributed by atoms with E-state index in [-0.39, 0.29) is 6.79 Å². The van der Waals surface area contributed by atoms with Crippen molar-refractivity contribution in [1.29, 1.82) is 0 Å². The third-order valence-corrected chi connectivity index (χ3v) is 2.09. The fourth-order valence-electron chi connectivity index (χ4n) is 1.30. The standard InChI is InChI=1S/C10H11N3O5/c1-16-10(15)13-12-9(14)11-6-2-3-7-8(4-6)18-5-17-7/h2-4H,5H2,1H3,(H,13,15)(H2,11,12,14). The Labute approximate surface area is 102 Å². The maximum absolute atomic E-state index is 11.4. The number of carbonyl (C=O) groups is 2. The number of fused-ring (bicyclic) bond motifs is 1. The minimum atomic E-state index is -0.768. The Morgan fingerprint density at radius 1 is 1.22 bits per heavy atom. The summed E-state index contributed by atoms with van der Waals surface area (Å²) >= 11 is 0. The van der Waals surface area contributed by atoms with Gasteiger partial charge in [0.25, 0.3) is 0 Å². The average Bonchev–Trinajstić information content (AvgIpc) is 2.83. The predicted octanol–water partition coefficient (Wildman–Crippen LogP) is 0.808. The fourth-order valence-corrected chi connectivity index (χ4v) is 1.30. The van der Waals surface area contributed by atoms with Crippen molar-refractivity contribution in [3.63, 3.8) is 0 Å². The lowest BCUT2D eigenvalue weighted by atomic mass is 10.3. The monoisotopic (exact) mass is 253 g/mol. The van der Waals surface area contributed by atoms with Crippen LogP contribution < -0.4 is 25.6 Å². The van der Waals surface area contributed by atoms with Crippen molar-refractivity contribution < 1.29 is 23.8 Å². The number of hydrogen-bond donors (Lipinski definition) is 3. The Morgan fingerprint density at radius 2 is 2.00 bits per heavy atom. The minimum Gasteiger partial charge on any atom is -0.454 e. The van der Waals surface area contributed by atoms with Crippen molar-refractivity contribution >= 4 is 17.8 Å². The molecule has 0 aromatic heterocycles. The highest BCUT2D eigenvalue weighted by atomic mass is 16.7. The molecule has 8 nitrogen and oxygen atoms in total. The molecule has 8 heteroatoms. The smallest absolute Gasteiger partial charge is 0.425 e. The summed E-state index contributed by atoms with van der Waals surface area (Å²) in [5.74, 6) is 1.17. The third kappa shape index (κ3) is 2.73. The first-order valence-corrected chi connectivity index (χ1v) is 4.99. The quantitative estimate of drug-likeness (QED) is 0.643. The molecule has 96 valence electrons. The Balaban J connectivity index is 1.89. The molecule has 1 aliphatic rings. The molecule has 0 bridgehead atoms. The van der Waals surface area contributed by atoms with Crippen LogP contribution in [0.2, 0.25) is 0 Å². The lowest BCUT2D eigenvalue weighted by molar-refractivity contribution is 0.166. The molecule has 0 spiro atoms. The van der Waals surface area contributed by atoms with Gasteiger partial charge in [-0.25, -0.2) is 20.4 Å². The summed E-state index contributed by atoms with van der Waals surface area (Å²) in [6.45, 7) is 0.162. The van der Waals surface area contributed by atoms with Crippen LogP contribution >= 0.6 is 0 Å². The number of rotatable bonds is 1. The van der Waals surface area contributed by atoms with Gasteiger partial charge < -0.3 is 19.5 Å². The summed E-state index contributed by atoms with van der Waals surface area (Å²) in [4.78, 5) is 22.1. The van der Waals surface area contributed by atoms with Gasteiger partial charge in [0.1, 0.15) is 0 Å². The zero-order valence-corrected chi connectivity index (χ0v) is 9.48. The van der Waals surface area contributed by atoms with Crippen LogP contribution in [0.5, 0.6) is 11.5 Å². The summed E-state index contributed by atoms with van der Waals surface area (Å²) in [6.07, 6.45) is -0.768. The Kier molecular flexibility index (Phi) is 3.37. The predicted molar refractivity (Wildman–Crippen MR) is 60.3 cm³/mol. The van der Waals surface area contributed by atoms with E-state index in [4.69, 9.17) is 9.47 Å². The molecule has 0 radical (unpaired) electrons. The zero-order valence-electron chi connectivity index (χ0n) is 9.48. The highest BCUT2D eigenvalue weighted by molar-refractivity contribution is 5.90. The lowest BCUT2D eigenvalue weighted by Crippen LogP contribution is -2.43. The normalized spacial score (nSPS) is 11.6. The van der Waals surface area contributed by atoms with E-state index in [0.717, 1.165) is 0 Å². The topological polar surface area (TPSA) is 97.9 Å². The van der Waals surface area contributed by atoms with Gasteiger partial charge in [0.2, 0.25) is 6.79 Å². The van der Waals surface area contributed by atoms with Gasteiger partial charge in [0.15, 0.2) is 11.5 Å². The molecule has 3 amide bonds. The van der Waals surface area contributed by atoms with Crippen LogP contribution in [0.15, 0.2) is 18.2 Å². The summed E-state index contributed by atoms with van der Waals surface area (Å²) < 4.78 is 14.6. The van der Waals surface area contributed by atoms with Crippen LogP contribution in [0, 0.1) is 0 Å². The van der Waals surface area contributed by atoms with Crippen molar-refractivity contribution in [3.05, 3.63) is 18.2 Å². The number of methoxy groups -OCH3 is 1. The van der Waals surface area contributed by atoms with E-state index in [1.807, 2.05) is 5.43 Å². The number of nitrogens with one attached hydrogen (secondary N) is 3. The van der Waals surface area contributed by atoms with E-state index in [9.17, 15) is 9.59 Å². The summed E-state index contributed by atoms with van der Waals surface area (Å²) in [6, 6.07) is 4.32. The van der Waals surface area contributed by atoms with E-state index in [1.165, 1.54) is 7.11 Å². The first kappa shape index (κ1) is 11.8. The van der Waals surface area contributed by atoms with Gasteiger partial charge in [-0.2, -0.15) is 0 Å². The molecule has 3 N–H and O–H groups in total. The van der Waals surface area contributed by atoms with Gasteiger partial charge in [-0.3, -0.25) is 0 Å². The second-order valence-corrected chi connectivity index (χ2v) is 3.26. The van der Waals surface area contributed by atoms with Gasteiger partial charge in [-0.1, -0.05) is 0 Å². The largest absolute Gasteiger partial charge is 0.454 e. The molecular formula is C10H11N3O5. The summed E-state index contributed by atoms with van der Waals surface area (Å²) in [5.41, 5.74) is 4.63. The lowest BCUT2D eigenvalue weighted by Gasteiger charge is -2.08. The number of benzene rings is 1. The van der Waals surface area contributed by atoms with Crippen LogP contribution in [-0.2, 0) is 4.74 Å². The summed E-state index contributed by atoms with van der Waals surface area (Å²) in [7, 11) is 1.19. The van der Waals surface area contributed by atoms with E-state index < -0.39 is 12.1 Å². The van der Waals surface area contributed by atoms with E-state index in [1.54, 1.807) is 18.2 Å². The van der Waals surface area contributed by atoms with Crippen LogP contribution in [0.3, 0.4) is 0 Å². The fraction of sp³-hybridized carbons (Fsp3) is 0.200. The van der Waals surface area contributed by atoms with Gasteiger partial charge in [-0.05, 0) is 12.1 Å². The Morgan fingerprint density at radius 3 is 2.78 bits per heavy atom. The first-order chi connectivity index (χ1) is 8.69. The second-order valence-electron chi connectivity index (χ2n) is 3.26. The molecule has 0 atom stereocenters. The maximum Gasteiger partial charge on any atom is 0.425 e. The number of amides is 3.